The molecule has 0 fully saturated rings. The van der Waals surface area contributed by atoms with Crippen molar-refractivity contribution in [2.24, 2.45) is 0 Å². The predicted octanol–water partition coefficient (Wildman–Crippen LogP) is 4.89. The van der Waals surface area contributed by atoms with Crippen LogP contribution in [0.2, 0.25) is 0 Å². The minimum Gasteiger partial charge on any atom is -0.493 e. The van der Waals surface area contributed by atoms with Gasteiger partial charge in [-0.15, -0.1) is 0 Å². The van der Waals surface area contributed by atoms with Gasteiger partial charge in [0.2, 0.25) is 0 Å². The number of imidazole rings is 1. The summed E-state index contributed by atoms with van der Waals surface area (Å²) in [6, 6.07) is 24.9. The van der Waals surface area contributed by atoms with Crippen LogP contribution in [0.5, 0.6) is 11.5 Å². The first kappa shape index (κ1) is 18.1. The van der Waals surface area contributed by atoms with Gasteiger partial charge in [-0.25, -0.2) is 4.98 Å². The number of rotatable bonds is 7. The van der Waals surface area contributed by atoms with Crippen LogP contribution in [0, 0.1) is 0 Å². The number of hydrogen-bond acceptors (Lipinski definition) is 3. The Morgan fingerprint density at radius 1 is 0.786 bits per heavy atom. The molecule has 4 heteroatoms. The van der Waals surface area contributed by atoms with E-state index in [1.54, 1.807) is 14.2 Å². The van der Waals surface area contributed by atoms with Crippen molar-refractivity contribution in [1.82, 2.24) is 9.55 Å². The molecule has 0 amide bonds. The maximum absolute atomic E-state index is 5.44. The number of para-hydroxylation sites is 2. The number of aryl methyl sites for hydroxylation is 2. The van der Waals surface area contributed by atoms with E-state index in [4.69, 9.17) is 14.5 Å². The molecule has 0 saturated heterocycles. The van der Waals surface area contributed by atoms with Crippen molar-refractivity contribution in [1.29, 1.82) is 0 Å². The lowest BCUT2D eigenvalue weighted by molar-refractivity contribution is 0.354. The largest absolute Gasteiger partial charge is 0.493 e. The number of benzene rings is 3. The first-order chi connectivity index (χ1) is 13.8. The van der Waals surface area contributed by atoms with E-state index < -0.39 is 0 Å². The first-order valence-electron chi connectivity index (χ1n) is 9.47. The highest BCUT2D eigenvalue weighted by molar-refractivity contribution is 5.76. The van der Waals surface area contributed by atoms with Gasteiger partial charge >= 0.3 is 0 Å². The van der Waals surface area contributed by atoms with E-state index in [9.17, 15) is 0 Å². The number of ether oxygens (including phenoxy) is 2. The zero-order valence-corrected chi connectivity index (χ0v) is 16.3. The Labute approximate surface area is 165 Å². The Bertz CT molecular complexity index is 1070. The highest BCUT2D eigenvalue weighted by Gasteiger charge is 2.12. The summed E-state index contributed by atoms with van der Waals surface area (Å²) in [5.41, 5.74) is 4.70. The van der Waals surface area contributed by atoms with E-state index in [-0.39, 0.29) is 0 Å². The van der Waals surface area contributed by atoms with Crippen LogP contribution in [0.4, 0.5) is 0 Å². The molecule has 0 saturated carbocycles. The molecule has 0 unspecified atom stereocenters. The van der Waals surface area contributed by atoms with Gasteiger partial charge in [0.1, 0.15) is 5.82 Å². The summed E-state index contributed by atoms with van der Waals surface area (Å²) in [6.07, 6.45) is 1.71. The SMILES string of the molecule is COc1ccc(CCn2c(Cc3ccccc3)nc3ccccc32)cc1OC. The van der Waals surface area contributed by atoms with Crippen molar-refractivity contribution < 1.29 is 9.47 Å². The molecule has 0 atom stereocenters. The number of nitrogens with zero attached hydrogens (tertiary/aromatic N) is 2. The molecule has 4 aromatic rings. The molecule has 0 spiro atoms. The van der Waals surface area contributed by atoms with Gasteiger partial charge in [0.15, 0.2) is 11.5 Å². The van der Waals surface area contributed by atoms with Crippen molar-refractivity contribution in [2.75, 3.05) is 14.2 Å². The van der Waals surface area contributed by atoms with Crippen molar-refractivity contribution in [3.63, 3.8) is 0 Å². The Morgan fingerprint density at radius 2 is 1.54 bits per heavy atom. The summed E-state index contributed by atoms with van der Waals surface area (Å²) < 4.78 is 13.1. The summed E-state index contributed by atoms with van der Waals surface area (Å²) in [7, 11) is 3.33. The van der Waals surface area contributed by atoms with Crippen LogP contribution in [0.1, 0.15) is 17.0 Å². The normalized spacial score (nSPS) is 10.9. The topological polar surface area (TPSA) is 36.3 Å². The summed E-state index contributed by atoms with van der Waals surface area (Å²) in [5.74, 6) is 2.61. The summed E-state index contributed by atoms with van der Waals surface area (Å²) >= 11 is 0. The second-order valence-electron chi connectivity index (χ2n) is 6.77. The third kappa shape index (κ3) is 3.72. The molecule has 4 nitrogen and oxygen atoms in total. The third-order valence-corrected chi connectivity index (χ3v) is 5.01. The molecule has 1 aromatic heterocycles. The van der Waals surface area contributed by atoms with Crippen LogP contribution in [0.3, 0.4) is 0 Å². The van der Waals surface area contributed by atoms with Crippen molar-refractivity contribution in [3.05, 3.63) is 89.7 Å². The van der Waals surface area contributed by atoms with Gasteiger partial charge in [0, 0.05) is 13.0 Å². The maximum atomic E-state index is 5.44. The fraction of sp³-hybridized carbons (Fsp3) is 0.208. The summed E-state index contributed by atoms with van der Waals surface area (Å²) in [4.78, 5) is 4.90. The lowest BCUT2D eigenvalue weighted by Gasteiger charge is -2.12. The zero-order valence-electron chi connectivity index (χ0n) is 16.3. The number of aromatic nitrogens is 2. The molecular formula is C24H24N2O2. The van der Waals surface area contributed by atoms with Crippen LogP contribution >= 0.6 is 0 Å². The minimum absolute atomic E-state index is 0.754. The second-order valence-corrected chi connectivity index (χ2v) is 6.77. The average molecular weight is 372 g/mol. The Morgan fingerprint density at radius 3 is 2.32 bits per heavy atom. The molecule has 0 aliphatic heterocycles. The van der Waals surface area contributed by atoms with E-state index >= 15 is 0 Å². The van der Waals surface area contributed by atoms with E-state index in [1.807, 2.05) is 18.2 Å². The lowest BCUT2D eigenvalue weighted by Crippen LogP contribution is -2.07. The van der Waals surface area contributed by atoms with E-state index in [2.05, 4.69) is 59.2 Å². The minimum atomic E-state index is 0.754. The predicted molar refractivity (Wildman–Crippen MR) is 112 cm³/mol. The van der Waals surface area contributed by atoms with E-state index in [0.29, 0.717) is 0 Å². The van der Waals surface area contributed by atoms with Gasteiger partial charge in [0.25, 0.3) is 0 Å². The van der Waals surface area contributed by atoms with Gasteiger partial charge in [-0.1, -0.05) is 48.5 Å². The van der Waals surface area contributed by atoms with Gasteiger partial charge in [-0.3, -0.25) is 0 Å². The molecular weight excluding hydrogens is 348 g/mol. The molecule has 0 radical (unpaired) electrons. The lowest BCUT2D eigenvalue weighted by atomic mass is 10.1. The van der Waals surface area contributed by atoms with Crippen LogP contribution in [0.15, 0.2) is 72.8 Å². The van der Waals surface area contributed by atoms with Gasteiger partial charge in [-0.05, 0) is 41.8 Å². The van der Waals surface area contributed by atoms with E-state index in [0.717, 1.165) is 42.2 Å². The highest BCUT2D eigenvalue weighted by atomic mass is 16.5. The number of fused-ring (bicyclic) bond motifs is 1. The molecule has 3 aromatic carbocycles. The molecule has 0 aliphatic carbocycles. The Balaban J connectivity index is 1.63. The molecule has 0 bridgehead atoms. The van der Waals surface area contributed by atoms with Gasteiger partial charge < -0.3 is 14.0 Å². The van der Waals surface area contributed by atoms with Crippen LogP contribution in [0.25, 0.3) is 11.0 Å². The second kappa shape index (κ2) is 8.17. The average Bonchev–Trinajstić information content (AvgIpc) is 3.09. The molecule has 28 heavy (non-hydrogen) atoms. The third-order valence-electron chi connectivity index (χ3n) is 5.01. The number of hydrogen-bond donors (Lipinski definition) is 0. The highest BCUT2D eigenvalue weighted by Crippen LogP contribution is 2.28. The number of methoxy groups -OCH3 is 2. The van der Waals surface area contributed by atoms with Gasteiger partial charge in [-0.2, -0.15) is 0 Å². The van der Waals surface area contributed by atoms with Crippen LogP contribution in [-0.4, -0.2) is 23.8 Å². The fourth-order valence-corrected chi connectivity index (χ4v) is 3.57. The van der Waals surface area contributed by atoms with E-state index in [1.165, 1.54) is 16.6 Å². The first-order valence-corrected chi connectivity index (χ1v) is 9.47. The summed E-state index contributed by atoms with van der Waals surface area (Å²) in [5, 5.41) is 0. The van der Waals surface area contributed by atoms with Crippen molar-refractivity contribution in [3.8, 4) is 11.5 Å². The Kier molecular flexibility index (Phi) is 5.29. The van der Waals surface area contributed by atoms with Gasteiger partial charge in [0.05, 0.1) is 25.3 Å². The van der Waals surface area contributed by atoms with Crippen LogP contribution < -0.4 is 9.47 Å². The molecule has 1 heterocycles. The molecule has 142 valence electrons. The standard InChI is InChI=1S/C24H24N2O2/c1-27-22-13-12-19(16-23(22)28-2)14-15-26-21-11-7-6-10-20(21)25-24(26)17-18-8-4-3-5-9-18/h3-13,16H,14-15,17H2,1-2H3. The fourth-order valence-electron chi connectivity index (χ4n) is 3.57. The summed E-state index contributed by atoms with van der Waals surface area (Å²) in [6.45, 7) is 0.859. The monoisotopic (exact) mass is 372 g/mol. The maximum Gasteiger partial charge on any atom is 0.160 e. The zero-order chi connectivity index (χ0) is 19.3. The van der Waals surface area contributed by atoms with Crippen molar-refractivity contribution in [2.45, 2.75) is 19.4 Å². The molecule has 0 N–H and O–H groups in total. The quantitative estimate of drug-likeness (QED) is 0.464. The van der Waals surface area contributed by atoms with Crippen LogP contribution in [-0.2, 0) is 19.4 Å². The molecule has 4 rings (SSSR count). The van der Waals surface area contributed by atoms with Crippen molar-refractivity contribution >= 4 is 11.0 Å². The Hall–Kier alpha value is -3.27. The molecule has 0 aliphatic rings. The smallest absolute Gasteiger partial charge is 0.160 e.